The van der Waals surface area contributed by atoms with E-state index >= 15 is 0 Å². The van der Waals surface area contributed by atoms with E-state index in [0.717, 1.165) is 13.0 Å². The molecule has 1 amide bonds. The predicted molar refractivity (Wildman–Crippen MR) is 103 cm³/mol. The van der Waals surface area contributed by atoms with Crippen LogP contribution in [0, 0.1) is 0 Å². The molecule has 0 saturated carbocycles. The Morgan fingerprint density at radius 3 is 2.21 bits per heavy atom. The first kappa shape index (κ1) is 18.6. The third-order valence-corrected chi connectivity index (χ3v) is 4.93. The number of anilines is 2. The molecule has 0 saturated heterocycles. The van der Waals surface area contributed by atoms with Crippen molar-refractivity contribution in [2.24, 2.45) is 5.73 Å². The number of hydrogen-bond donors (Lipinski definition) is 2. The maximum atomic E-state index is 11.5. The number of fused-ring (bicyclic) bond motifs is 2. The monoisotopic (exact) mass is 363 g/mol. The molecular formula is C18H22ClN3OS. The Balaban J connectivity index is 0.00000208. The molecule has 4 nitrogen and oxygen atoms in total. The van der Waals surface area contributed by atoms with Crippen LogP contribution in [0.15, 0.2) is 58.3 Å². The van der Waals surface area contributed by atoms with Crippen LogP contribution in [-0.4, -0.2) is 25.0 Å². The molecule has 6 heteroatoms. The summed E-state index contributed by atoms with van der Waals surface area (Å²) < 4.78 is 0. The summed E-state index contributed by atoms with van der Waals surface area (Å²) in [6.07, 6.45) is 0.867. The Bertz CT molecular complexity index is 663. The Labute approximate surface area is 153 Å². The molecule has 0 radical (unpaired) electrons. The Morgan fingerprint density at radius 1 is 1.12 bits per heavy atom. The molecule has 2 aromatic carbocycles. The fourth-order valence-corrected chi connectivity index (χ4v) is 3.73. The molecular weight excluding hydrogens is 342 g/mol. The first-order chi connectivity index (χ1) is 11.2. The van der Waals surface area contributed by atoms with E-state index in [1.807, 2.05) is 0 Å². The fraction of sp³-hybridized carbons (Fsp3) is 0.278. The lowest BCUT2D eigenvalue weighted by Crippen LogP contribution is -2.39. The summed E-state index contributed by atoms with van der Waals surface area (Å²) in [5.74, 6) is -0.0972. The van der Waals surface area contributed by atoms with Crippen LogP contribution in [-0.2, 0) is 4.79 Å². The van der Waals surface area contributed by atoms with E-state index in [0.29, 0.717) is 6.54 Å². The number of carbonyl (C=O) groups excluding carboxylic acids is 1. The van der Waals surface area contributed by atoms with Crippen LogP contribution in [0.5, 0.6) is 0 Å². The van der Waals surface area contributed by atoms with E-state index in [1.54, 1.807) is 18.7 Å². The third-order valence-electron chi connectivity index (χ3n) is 3.80. The van der Waals surface area contributed by atoms with Crippen LogP contribution < -0.4 is 16.0 Å². The standard InChI is InChI=1S/C18H21N3OS.ClH/c1-13(19)18(22)20-11-6-12-21-14-7-2-4-9-16(14)23-17-10-5-3-8-15(17)21;/h2-5,7-10,13H,6,11-12,19H2,1H3,(H,20,22);1H/t13-;/m0./s1. The first-order valence-electron chi connectivity index (χ1n) is 7.83. The lowest BCUT2D eigenvalue weighted by atomic mass is 10.2. The molecule has 3 N–H and O–H groups in total. The topological polar surface area (TPSA) is 58.4 Å². The number of rotatable bonds is 5. The largest absolute Gasteiger partial charge is 0.355 e. The Morgan fingerprint density at radius 2 is 1.67 bits per heavy atom. The summed E-state index contributed by atoms with van der Waals surface area (Å²) >= 11 is 1.81. The average Bonchev–Trinajstić information content (AvgIpc) is 2.57. The van der Waals surface area contributed by atoms with E-state index in [2.05, 4.69) is 58.7 Å². The van der Waals surface area contributed by atoms with Crippen molar-refractivity contribution in [2.75, 3.05) is 18.0 Å². The van der Waals surface area contributed by atoms with Crippen molar-refractivity contribution in [3.63, 3.8) is 0 Å². The highest BCUT2D eigenvalue weighted by molar-refractivity contribution is 7.99. The maximum Gasteiger partial charge on any atom is 0.236 e. The summed E-state index contributed by atoms with van der Waals surface area (Å²) in [4.78, 5) is 16.4. The normalized spacial score (nSPS) is 13.3. The second-order valence-corrected chi connectivity index (χ2v) is 6.71. The van der Waals surface area contributed by atoms with Gasteiger partial charge in [-0.2, -0.15) is 0 Å². The van der Waals surface area contributed by atoms with Gasteiger partial charge in [-0.15, -0.1) is 12.4 Å². The van der Waals surface area contributed by atoms with Gasteiger partial charge < -0.3 is 16.0 Å². The minimum Gasteiger partial charge on any atom is -0.355 e. The van der Waals surface area contributed by atoms with Crippen LogP contribution >= 0.6 is 24.2 Å². The molecule has 24 heavy (non-hydrogen) atoms. The van der Waals surface area contributed by atoms with Crippen molar-refractivity contribution in [1.29, 1.82) is 0 Å². The van der Waals surface area contributed by atoms with Gasteiger partial charge >= 0.3 is 0 Å². The highest BCUT2D eigenvalue weighted by Gasteiger charge is 2.22. The van der Waals surface area contributed by atoms with Crippen molar-refractivity contribution < 1.29 is 4.79 Å². The molecule has 0 fully saturated rings. The van der Waals surface area contributed by atoms with Crippen molar-refractivity contribution in [3.05, 3.63) is 48.5 Å². The van der Waals surface area contributed by atoms with Crippen molar-refractivity contribution >= 4 is 41.5 Å². The predicted octanol–water partition coefficient (Wildman–Crippen LogP) is 3.56. The average molecular weight is 364 g/mol. The zero-order valence-corrected chi connectivity index (χ0v) is 15.2. The molecule has 0 aliphatic carbocycles. The summed E-state index contributed by atoms with van der Waals surface area (Å²) in [5, 5.41) is 2.87. The smallest absolute Gasteiger partial charge is 0.236 e. The molecule has 2 aromatic rings. The van der Waals surface area contributed by atoms with Crippen LogP contribution in [0.1, 0.15) is 13.3 Å². The number of para-hydroxylation sites is 2. The number of amides is 1. The molecule has 0 unspecified atom stereocenters. The second kappa shape index (κ2) is 8.42. The van der Waals surface area contributed by atoms with Gasteiger partial charge in [0.25, 0.3) is 0 Å². The summed E-state index contributed by atoms with van der Waals surface area (Å²) in [6, 6.07) is 16.4. The number of hydrogen-bond acceptors (Lipinski definition) is 4. The van der Waals surface area contributed by atoms with E-state index in [-0.39, 0.29) is 18.3 Å². The number of carbonyl (C=O) groups is 1. The van der Waals surface area contributed by atoms with Gasteiger partial charge in [-0.05, 0) is 37.6 Å². The molecule has 1 aliphatic rings. The highest BCUT2D eigenvalue weighted by atomic mass is 35.5. The Kier molecular flexibility index (Phi) is 6.54. The number of nitrogens with one attached hydrogen (secondary N) is 1. The van der Waals surface area contributed by atoms with Crippen LogP contribution in [0.2, 0.25) is 0 Å². The van der Waals surface area contributed by atoms with Gasteiger partial charge in [0, 0.05) is 22.9 Å². The molecule has 1 heterocycles. The quantitative estimate of drug-likeness (QED) is 0.797. The van der Waals surface area contributed by atoms with Gasteiger partial charge in [0.15, 0.2) is 0 Å². The molecule has 0 spiro atoms. The molecule has 1 aliphatic heterocycles. The van der Waals surface area contributed by atoms with Gasteiger partial charge in [-0.3, -0.25) is 4.79 Å². The van der Waals surface area contributed by atoms with Crippen molar-refractivity contribution in [1.82, 2.24) is 5.32 Å². The van der Waals surface area contributed by atoms with Crippen molar-refractivity contribution in [3.8, 4) is 0 Å². The van der Waals surface area contributed by atoms with E-state index in [4.69, 9.17) is 5.73 Å². The summed E-state index contributed by atoms with van der Waals surface area (Å²) in [5.41, 5.74) is 8.02. The third kappa shape index (κ3) is 4.04. The summed E-state index contributed by atoms with van der Waals surface area (Å²) in [6.45, 7) is 3.19. The SMILES string of the molecule is C[C@H](N)C(=O)NCCCN1c2ccccc2Sc2ccccc21.Cl. The lowest BCUT2D eigenvalue weighted by Gasteiger charge is -2.32. The van der Waals surface area contributed by atoms with Crippen molar-refractivity contribution in [2.45, 2.75) is 29.2 Å². The first-order valence-corrected chi connectivity index (χ1v) is 8.65. The maximum absolute atomic E-state index is 11.5. The van der Waals surface area contributed by atoms with E-state index in [1.165, 1.54) is 21.2 Å². The van der Waals surface area contributed by atoms with Gasteiger partial charge in [-0.25, -0.2) is 0 Å². The van der Waals surface area contributed by atoms with E-state index < -0.39 is 6.04 Å². The van der Waals surface area contributed by atoms with Crippen LogP contribution in [0.3, 0.4) is 0 Å². The Hall–Kier alpha value is -1.69. The van der Waals surface area contributed by atoms with Crippen LogP contribution in [0.25, 0.3) is 0 Å². The number of benzene rings is 2. The number of nitrogens with zero attached hydrogens (tertiary/aromatic N) is 1. The fourth-order valence-electron chi connectivity index (χ4n) is 2.63. The minimum absolute atomic E-state index is 0. The number of nitrogens with two attached hydrogens (primary N) is 1. The lowest BCUT2D eigenvalue weighted by molar-refractivity contribution is -0.121. The van der Waals surface area contributed by atoms with Gasteiger partial charge in [0.05, 0.1) is 17.4 Å². The molecule has 3 rings (SSSR count). The van der Waals surface area contributed by atoms with Gasteiger partial charge in [0.2, 0.25) is 5.91 Å². The molecule has 0 bridgehead atoms. The molecule has 0 aromatic heterocycles. The number of halogens is 1. The summed E-state index contributed by atoms with van der Waals surface area (Å²) in [7, 11) is 0. The minimum atomic E-state index is -0.456. The van der Waals surface area contributed by atoms with Gasteiger partial charge in [0.1, 0.15) is 0 Å². The van der Waals surface area contributed by atoms with Crippen LogP contribution in [0.4, 0.5) is 11.4 Å². The highest BCUT2D eigenvalue weighted by Crippen LogP contribution is 2.47. The zero-order chi connectivity index (χ0) is 16.2. The molecule has 128 valence electrons. The zero-order valence-electron chi connectivity index (χ0n) is 13.6. The molecule has 1 atom stereocenters. The second-order valence-electron chi connectivity index (χ2n) is 5.62. The van der Waals surface area contributed by atoms with Gasteiger partial charge in [-0.1, -0.05) is 36.0 Å². The van der Waals surface area contributed by atoms with E-state index in [9.17, 15) is 4.79 Å².